The molecule has 2 amide bonds. The van der Waals surface area contributed by atoms with Gasteiger partial charge in [0.2, 0.25) is 5.91 Å². The number of hydrazine groups is 1. The van der Waals surface area contributed by atoms with Gasteiger partial charge in [0, 0.05) is 18.5 Å². The van der Waals surface area contributed by atoms with Crippen molar-refractivity contribution >= 4 is 28.9 Å². The molecule has 0 atom stereocenters. The lowest BCUT2D eigenvalue weighted by molar-refractivity contribution is -0.129. The molecule has 23 heavy (non-hydrogen) atoms. The van der Waals surface area contributed by atoms with E-state index in [0.29, 0.717) is 4.88 Å². The summed E-state index contributed by atoms with van der Waals surface area (Å²) < 4.78 is 1.55. The molecule has 2 rings (SSSR count). The monoisotopic (exact) mass is 334 g/mol. The number of carbonyl (C=O) groups excluding carboxylic acids is 3. The minimum atomic E-state index is -0.406. The average molecular weight is 334 g/mol. The highest BCUT2D eigenvalue weighted by molar-refractivity contribution is 7.12. The van der Waals surface area contributed by atoms with Crippen LogP contribution in [0.15, 0.2) is 23.6 Å². The van der Waals surface area contributed by atoms with Crippen molar-refractivity contribution in [1.82, 2.24) is 20.6 Å². The molecule has 122 valence electrons. The van der Waals surface area contributed by atoms with Gasteiger partial charge in [0.15, 0.2) is 5.78 Å². The summed E-state index contributed by atoms with van der Waals surface area (Å²) in [5.74, 6) is -0.866. The highest BCUT2D eigenvalue weighted by Gasteiger charge is 2.11. The zero-order valence-electron chi connectivity index (χ0n) is 13.0. The van der Waals surface area contributed by atoms with Gasteiger partial charge in [0.05, 0.1) is 10.6 Å². The Hall–Kier alpha value is -2.48. The Balaban J connectivity index is 1.70. The van der Waals surface area contributed by atoms with Crippen LogP contribution < -0.4 is 10.9 Å². The molecule has 0 radical (unpaired) electrons. The van der Waals surface area contributed by atoms with Crippen molar-refractivity contribution in [1.29, 1.82) is 0 Å². The topological polar surface area (TPSA) is 93.1 Å². The molecule has 7 nitrogen and oxygen atoms in total. The van der Waals surface area contributed by atoms with Gasteiger partial charge < -0.3 is 0 Å². The van der Waals surface area contributed by atoms with E-state index in [1.807, 2.05) is 25.3 Å². The van der Waals surface area contributed by atoms with E-state index in [1.165, 1.54) is 11.3 Å². The highest BCUT2D eigenvalue weighted by Crippen LogP contribution is 2.12. The van der Waals surface area contributed by atoms with E-state index in [2.05, 4.69) is 16.0 Å². The minimum absolute atomic E-state index is 0.0219. The first-order valence-corrected chi connectivity index (χ1v) is 7.99. The Kier molecular flexibility index (Phi) is 5.64. The summed E-state index contributed by atoms with van der Waals surface area (Å²) in [6.07, 6.45) is 0.136. The quantitative estimate of drug-likeness (QED) is 0.616. The fraction of sp³-hybridized carbons (Fsp3) is 0.333. The van der Waals surface area contributed by atoms with Crippen molar-refractivity contribution in [3.05, 3.63) is 39.8 Å². The third-order valence-electron chi connectivity index (χ3n) is 3.11. The molecule has 0 fully saturated rings. The zero-order chi connectivity index (χ0) is 16.8. The molecule has 0 aliphatic rings. The predicted molar refractivity (Wildman–Crippen MR) is 85.9 cm³/mol. The molecular weight excluding hydrogens is 316 g/mol. The highest BCUT2D eigenvalue weighted by atomic mass is 32.1. The van der Waals surface area contributed by atoms with Gasteiger partial charge in [0.1, 0.15) is 6.54 Å². The van der Waals surface area contributed by atoms with E-state index in [4.69, 9.17) is 0 Å². The van der Waals surface area contributed by atoms with Crippen LogP contribution in [0.5, 0.6) is 0 Å². The maximum atomic E-state index is 11.8. The Morgan fingerprint density at radius 3 is 2.52 bits per heavy atom. The molecule has 0 spiro atoms. The van der Waals surface area contributed by atoms with Crippen molar-refractivity contribution < 1.29 is 14.4 Å². The van der Waals surface area contributed by atoms with Gasteiger partial charge in [-0.25, -0.2) is 0 Å². The van der Waals surface area contributed by atoms with Gasteiger partial charge in [-0.1, -0.05) is 6.07 Å². The second kappa shape index (κ2) is 7.68. The molecule has 0 saturated carbocycles. The lowest BCUT2D eigenvalue weighted by Gasteiger charge is -2.08. The maximum Gasteiger partial charge on any atom is 0.260 e. The number of aryl methyl sites for hydroxylation is 2. The molecule has 0 bridgehead atoms. The number of amides is 2. The Labute approximate surface area is 137 Å². The summed E-state index contributed by atoms with van der Waals surface area (Å²) in [6, 6.07) is 5.38. The summed E-state index contributed by atoms with van der Waals surface area (Å²) in [5, 5.41) is 5.98. The van der Waals surface area contributed by atoms with Gasteiger partial charge in [-0.3, -0.25) is 29.9 Å². The molecule has 2 N–H and O–H groups in total. The number of thiophene rings is 1. The number of hydrogen-bond acceptors (Lipinski definition) is 5. The molecular formula is C15H18N4O3S. The second-order valence-electron chi connectivity index (χ2n) is 5.08. The minimum Gasteiger partial charge on any atom is -0.293 e. The van der Waals surface area contributed by atoms with Crippen molar-refractivity contribution in [2.24, 2.45) is 0 Å². The summed E-state index contributed by atoms with van der Waals surface area (Å²) in [7, 11) is 0. The molecule has 0 aromatic carbocycles. The summed E-state index contributed by atoms with van der Waals surface area (Å²) in [6.45, 7) is 3.71. The summed E-state index contributed by atoms with van der Waals surface area (Å²) in [5.41, 5.74) is 6.31. The summed E-state index contributed by atoms with van der Waals surface area (Å²) in [4.78, 5) is 35.8. The van der Waals surface area contributed by atoms with Crippen LogP contribution in [0.2, 0.25) is 0 Å². The lowest BCUT2D eigenvalue weighted by Crippen LogP contribution is -2.43. The largest absolute Gasteiger partial charge is 0.293 e. The van der Waals surface area contributed by atoms with Crippen molar-refractivity contribution in [2.75, 3.05) is 0 Å². The molecule has 0 saturated heterocycles. The zero-order valence-corrected chi connectivity index (χ0v) is 13.8. The van der Waals surface area contributed by atoms with Gasteiger partial charge in [-0.15, -0.1) is 11.3 Å². The first kappa shape index (κ1) is 16.9. The standard InChI is InChI=1S/C15H18N4O3S/c1-10-8-11(2)19(18-10)9-15(22)17-16-14(21)6-5-12(20)13-4-3-7-23-13/h3-4,7-8H,5-6,9H2,1-2H3,(H,16,21)(H,17,22). The van der Waals surface area contributed by atoms with E-state index in [1.54, 1.807) is 16.8 Å². The number of nitrogens with zero attached hydrogens (tertiary/aromatic N) is 2. The number of ketones is 1. The van der Waals surface area contributed by atoms with E-state index < -0.39 is 5.91 Å². The average Bonchev–Trinajstić information content (AvgIpc) is 3.13. The van der Waals surface area contributed by atoms with Crippen molar-refractivity contribution in [3.8, 4) is 0 Å². The molecule has 0 unspecified atom stereocenters. The number of Topliss-reactive ketones (excluding diaryl/α,β-unsaturated/α-hetero) is 1. The molecule has 2 aromatic rings. The van der Waals surface area contributed by atoms with Crippen LogP contribution in [0, 0.1) is 13.8 Å². The third kappa shape index (κ3) is 5.03. The number of hydrogen-bond donors (Lipinski definition) is 2. The number of rotatable bonds is 6. The lowest BCUT2D eigenvalue weighted by atomic mass is 10.2. The van der Waals surface area contributed by atoms with Crippen LogP contribution in [0.25, 0.3) is 0 Å². The Bertz CT molecular complexity index is 706. The number of carbonyl (C=O) groups is 3. The molecule has 8 heteroatoms. The van der Waals surface area contributed by atoms with Crippen LogP contribution in [-0.4, -0.2) is 27.4 Å². The van der Waals surface area contributed by atoms with Crippen molar-refractivity contribution in [2.45, 2.75) is 33.2 Å². The molecule has 0 aliphatic heterocycles. The van der Waals surface area contributed by atoms with Gasteiger partial charge >= 0.3 is 0 Å². The molecule has 2 aromatic heterocycles. The molecule has 2 heterocycles. The predicted octanol–water partition coefficient (Wildman–Crippen LogP) is 1.37. The Morgan fingerprint density at radius 1 is 1.17 bits per heavy atom. The van der Waals surface area contributed by atoms with Crippen molar-refractivity contribution in [3.63, 3.8) is 0 Å². The normalized spacial score (nSPS) is 10.3. The van der Waals surface area contributed by atoms with E-state index in [0.717, 1.165) is 11.4 Å². The first-order valence-electron chi connectivity index (χ1n) is 7.11. The first-order chi connectivity index (χ1) is 11.0. The van der Waals surface area contributed by atoms with Crippen LogP contribution in [0.1, 0.15) is 33.9 Å². The SMILES string of the molecule is Cc1cc(C)n(CC(=O)NNC(=O)CCC(=O)c2cccs2)n1. The van der Waals surface area contributed by atoms with Crippen LogP contribution in [-0.2, 0) is 16.1 Å². The number of aromatic nitrogens is 2. The van der Waals surface area contributed by atoms with Crippen LogP contribution in [0.3, 0.4) is 0 Å². The van der Waals surface area contributed by atoms with Crippen LogP contribution in [0.4, 0.5) is 0 Å². The fourth-order valence-corrected chi connectivity index (χ4v) is 2.69. The summed E-state index contributed by atoms with van der Waals surface area (Å²) >= 11 is 1.34. The van der Waals surface area contributed by atoms with Crippen LogP contribution >= 0.6 is 11.3 Å². The fourth-order valence-electron chi connectivity index (χ4n) is 2.00. The van der Waals surface area contributed by atoms with E-state index in [9.17, 15) is 14.4 Å². The third-order valence-corrected chi connectivity index (χ3v) is 4.02. The Morgan fingerprint density at radius 2 is 1.91 bits per heavy atom. The van der Waals surface area contributed by atoms with Gasteiger partial charge in [-0.2, -0.15) is 5.10 Å². The van der Waals surface area contributed by atoms with Gasteiger partial charge in [0.25, 0.3) is 5.91 Å². The van der Waals surface area contributed by atoms with E-state index >= 15 is 0 Å². The van der Waals surface area contributed by atoms with Gasteiger partial charge in [-0.05, 0) is 31.4 Å². The smallest absolute Gasteiger partial charge is 0.260 e. The van der Waals surface area contributed by atoms with E-state index in [-0.39, 0.29) is 31.1 Å². The maximum absolute atomic E-state index is 11.8. The second-order valence-corrected chi connectivity index (χ2v) is 6.03. The number of nitrogens with one attached hydrogen (secondary N) is 2. The molecule has 0 aliphatic carbocycles.